The maximum absolute atomic E-state index is 11.7. The molecule has 1 N–H and O–H groups in total. The lowest BCUT2D eigenvalue weighted by Crippen LogP contribution is -2.71. The molecule has 3 heterocycles. The van der Waals surface area contributed by atoms with Crippen molar-refractivity contribution in [1.29, 1.82) is 0 Å². The predicted molar refractivity (Wildman–Crippen MR) is 112 cm³/mol. The summed E-state index contributed by atoms with van der Waals surface area (Å²) in [7, 11) is -1.98. The van der Waals surface area contributed by atoms with Crippen molar-refractivity contribution in [3.8, 4) is 11.8 Å². The summed E-state index contributed by atoms with van der Waals surface area (Å²) in [5, 5.41) is 11.8. The molecule has 3 aliphatic rings. The molecule has 0 aliphatic carbocycles. The van der Waals surface area contributed by atoms with Crippen LogP contribution in [0.2, 0.25) is 18.1 Å². The Bertz CT molecular complexity index is 836. The van der Waals surface area contributed by atoms with Gasteiger partial charge in [-0.2, -0.15) is 0 Å². The highest BCUT2D eigenvalue weighted by Crippen LogP contribution is 2.62. The Morgan fingerprint density at radius 2 is 1.82 bits per heavy atom. The van der Waals surface area contributed by atoms with Crippen LogP contribution in [0.1, 0.15) is 46.6 Å². The van der Waals surface area contributed by atoms with Gasteiger partial charge in [0.05, 0.1) is 6.10 Å². The quantitative estimate of drug-likeness (QED) is 0.605. The minimum atomic E-state index is -1.98. The summed E-state index contributed by atoms with van der Waals surface area (Å²) in [5.74, 6) is 6.26. The van der Waals surface area contributed by atoms with Gasteiger partial charge in [0, 0.05) is 12.0 Å². The first-order valence-electron chi connectivity index (χ1n) is 10.2. The second-order valence-corrected chi connectivity index (χ2v) is 15.2. The van der Waals surface area contributed by atoms with Crippen LogP contribution in [0.4, 0.5) is 0 Å². The molecule has 2 bridgehead atoms. The van der Waals surface area contributed by atoms with Crippen molar-refractivity contribution in [3.63, 3.8) is 0 Å². The monoisotopic (exact) mass is 400 g/mol. The number of hydrogen-bond donors (Lipinski definition) is 1. The van der Waals surface area contributed by atoms with Gasteiger partial charge in [-0.15, -0.1) is 0 Å². The van der Waals surface area contributed by atoms with Crippen molar-refractivity contribution in [2.75, 3.05) is 0 Å². The maximum Gasteiger partial charge on any atom is 0.192 e. The normalized spacial score (nSPS) is 41.8. The lowest BCUT2D eigenvalue weighted by Gasteiger charge is -2.55. The first-order chi connectivity index (χ1) is 12.8. The molecule has 28 heavy (non-hydrogen) atoms. The Labute approximate surface area is 169 Å². The highest BCUT2D eigenvalue weighted by Gasteiger charge is 2.81. The summed E-state index contributed by atoms with van der Waals surface area (Å²) in [5.41, 5.74) is -1.88. The van der Waals surface area contributed by atoms with Crippen molar-refractivity contribution < 1.29 is 19.0 Å². The highest BCUT2D eigenvalue weighted by atomic mass is 28.4. The van der Waals surface area contributed by atoms with Crippen LogP contribution < -0.4 is 0 Å². The minimum Gasteiger partial charge on any atom is -0.411 e. The smallest absolute Gasteiger partial charge is 0.192 e. The van der Waals surface area contributed by atoms with Gasteiger partial charge in [0.2, 0.25) is 0 Å². The van der Waals surface area contributed by atoms with E-state index >= 15 is 0 Å². The number of ether oxygens (including phenoxy) is 2. The van der Waals surface area contributed by atoms with Crippen molar-refractivity contribution >= 4 is 8.32 Å². The predicted octanol–water partition coefficient (Wildman–Crippen LogP) is 3.88. The number of aliphatic hydroxyl groups is 1. The zero-order chi connectivity index (χ0) is 20.6. The first kappa shape index (κ1) is 20.1. The van der Waals surface area contributed by atoms with Crippen molar-refractivity contribution in [2.45, 2.75) is 94.3 Å². The number of rotatable bonds is 2. The summed E-state index contributed by atoms with van der Waals surface area (Å²) in [4.78, 5) is 0. The summed E-state index contributed by atoms with van der Waals surface area (Å²) in [6.07, 6.45) is -0.129. The Morgan fingerprint density at radius 1 is 1.18 bits per heavy atom. The largest absolute Gasteiger partial charge is 0.411 e. The van der Waals surface area contributed by atoms with Crippen molar-refractivity contribution in [1.82, 2.24) is 0 Å². The van der Waals surface area contributed by atoms with Crippen LogP contribution >= 0.6 is 0 Å². The third-order valence-electron chi connectivity index (χ3n) is 7.35. The third-order valence-corrected chi connectivity index (χ3v) is 11.9. The standard InChI is InChI=1S/C23H32O4Si/c1-20(2,3)28(6,7)26-17-15-21(4)23(24,14-13-16-11-9-8-10-12-16)19-22(5,27-21)18(17)25-19/h8-12,17-19,24H,15H2,1-7H3/t17-,18-,19+,21-,22+,23-/m0/s1. The van der Waals surface area contributed by atoms with E-state index in [1.165, 1.54) is 0 Å². The second-order valence-electron chi connectivity index (χ2n) is 10.5. The minimum absolute atomic E-state index is 0.0894. The summed E-state index contributed by atoms with van der Waals surface area (Å²) >= 11 is 0. The molecule has 1 aromatic rings. The van der Waals surface area contributed by atoms with Crippen LogP contribution in [-0.2, 0) is 13.9 Å². The van der Waals surface area contributed by atoms with Crippen LogP contribution in [0, 0.1) is 11.8 Å². The molecule has 4 rings (SSSR count). The lowest BCUT2D eigenvalue weighted by molar-refractivity contribution is -0.323. The summed E-state index contributed by atoms with van der Waals surface area (Å²) in [6, 6.07) is 9.72. The molecular formula is C23H32O4Si. The van der Waals surface area contributed by atoms with Gasteiger partial charge in [0.25, 0.3) is 0 Å². The molecule has 3 fully saturated rings. The Kier molecular flexibility index (Phi) is 4.26. The molecule has 3 aliphatic heterocycles. The average molecular weight is 401 g/mol. The summed E-state index contributed by atoms with van der Waals surface area (Å²) in [6.45, 7) is 15.2. The van der Waals surface area contributed by atoms with E-state index in [0.29, 0.717) is 6.42 Å². The fourth-order valence-corrected chi connectivity index (χ4v) is 5.97. The van der Waals surface area contributed by atoms with Crippen LogP contribution in [0.25, 0.3) is 0 Å². The topological polar surface area (TPSA) is 47.9 Å². The van der Waals surface area contributed by atoms with Gasteiger partial charge < -0.3 is 19.0 Å². The van der Waals surface area contributed by atoms with Gasteiger partial charge >= 0.3 is 0 Å². The van der Waals surface area contributed by atoms with E-state index in [1.807, 2.05) is 44.2 Å². The molecule has 0 unspecified atom stereocenters. The molecule has 0 amide bonds. The molecule has 0 radical (unpaired) electrons. The second kappa shape index (κ2) is 5.93. The average Bonchev–Trinajstić information content (AvgIpc) is 2.63. The fourth-order valence-electron chi connectivity index (χ4n) is 4.65. The summed E-state index contributed by atoms with van der Waals surface area (Å²) < 4.78 is 19.4. The number of fused-ring (bicyclic) bond motifs is 1. The van der Waals surface area contributed by atoms with E-state index in [0.717, 1.165) is 5.56 Å². The Balaban J connectivity index is 1.66. The van der Waals surface area contributed by atoms with Gasteiger partial charge in [0.15, 0.2) is 13.9 Å². The zero-order valence-corrected chi connectivity index (χ0v) is 19.0. The molecule has 0 aromatic heterocycles. The van der Waals surface area contributed by atoms with Crippen LogP contribution in [0.3, 0.4) is 0 Å². The van der Waals surface area contributed by atoms with E-state index < -0.39 is 31.2 Å². The van der Waals surface area contributed by atoms with E-state index in [-0.39, 0.29) is 17.2 Å². The zero-order valence-electron chi connectivity index (χ0n) is 18.0. The first-order valence-corrected chi connectivity index (χ1v) is 13.1. The molecule has 152 valence electrons. The Morgan fingerprint density at radius 3 is 2.43 bits per heavy atom. The van der Waals surface area contributed by atoms with Crippen LogP contribution in [0.15, 0.2) is 30.3 Å². The SMILES string of the molecule is CC(C)(C)[Si](C)(C)O[C@H]1C[C@]2(C)O[C@@]3(C)[C@@H](O[C@@H]13)[C@@]2(O)C#Cc1ccccc1. The molecule has 0 spiro atoms. The van der Waals surface area contributed by atoms with Crippen LogP contribution in [-0.4, -0.2) is 48.5 Å². The number of benzene rings is 1. The van der Waals surface area contributed by atoms with E-state index in [4.69, 9.17) is 13.9 Å². The molecule has 6 atom stereocenters. The molecule has 5 heteroatoms. The third kappa shape index (κ3) is 2.66. The highest BCUT2D eigenvalue weighted by molar-refractivity contribution is 6.74. The van der Waals surface area contributed by atoms with Gasteiger partial charge in [-0.05, 0) is 44.1 Å². The van der Waals surface area contributed by atoms with Gasteiger partial charge in [-0.1, -0.05) is 50.8 Å². The van der Waals surface area contributed by atoms with Crippen molar-refractivity contribution in [3.05, 3.63) is 35.9 Å². The molecule has 0 saturated carbocycles. The molecule has 1 aromatic carbocycles. The van der Waals surface area contributed by atoms with Gasteiger partial charge in [-0.25, -0.2) is 0 Å². The fraction of sp³-hybridized carbons (Fsp3) is 0.652. The van der Waals surface area contributed by atoms with Crippen LogP contribution in [0.5, 0.6) is 0 Å². The maximum atomic E-state index is 11.7. The lowest BCUT2D eigenvalue weighted by atomic mass is 9.77. The molecule has 4 nitrogen and oxygen atoms in total. The van der Waals surface area contributed by atoms with Crippen molar-refractivity contribution in [2.24, 2.45) is 0 Å². The number of hydrogen-bond acceptors (Lipinski definition) is 4. The van der Waals surface area contributed by atoms with Gasteiger partial charge in [0.1, 0.15) is 23.4 Å². The molecule has 3 saturated heterocycles. The van der Waals surface area contributed by atoms with E-state index in [2.05, 4.69) is 45.7 Å². The Hall–Kier alpha value is -1.16. The van der Waals surface area contributed by atoms with E-state index in [9.17, 15) is 5.11 Å². The van der Waals surface area contributed by atoms with Gasteiger partial charge in [-0.3, -0.25) is 0 Å². The van der Waals surface area contributed by atoms with E-state index in [1.54, 1.807) is 0 Å². The molecular weight excluding hydrogens is 368 g/mol.